The smallest absolute Gasteiger partial charge is 0.261 e. The van der Waals surface area contributed by atoms with Crippen LogP contribution < -0.4 is 0 Å². The Morgan fingerprint density at radius 3 is 2.31 bits per heavy atom. The number of carbonyl (C=O) groups is 2. The molecule has 13 heavy (non-hydrogen) atoms. The Morgan fingerprint density at radius 2 is 1.77 bits per heavy atom. The third-order valence-corrected chi connectivity index (χ3v) is 1.98. The van der Waals surface area contributed by atoms with Gasteiger partial charge in [-0.15, -0.1) is 0 Å². The van der Waals surface area contributed by atoms with E-state index in [1.165, 1.54) is 0 Å². The van der Waals surface area contributed by atoms with E-state index in [1.54, 1.807) is 24.3 Å². The highest BCUT2D eigenvalue weighted by atomic mass is 16.2. The largest absolute Gasteiger partial charge is 0.292 e. The third kappa shape index (κ3) is 1.28. The van der Waals surface area contributed by atoms with Gasteiger partial charge >= 0.3 is 0 Å². The lowest BCUT2D eigenvalue weighted by Gasteiger charge is -2.03. The SMILES string of the molecule is O=C1C=NC(=O)C1c1ccccc1. The van der Waals surface area contributed by atoms with Crippen molar-refractivity contribution in [1.29, 1.82) is 0 Å². The molecule has 0 saturated carbocycles. The van der Waals surface area contributed by atoms with Crippen LogP contribution in [0.15, 0.2) is 35.3 Å². The molecule has 1 aliphatic heterocycles. The summed E-state index contributed by atoms with van der Waals surface area (Å²) in [5.74, 6) is -1.28. The van der Waals surface area contributed by atoms with Crippen LogP contribution in [0.2, 0.25) is 0 Å². The number of amides is 1. The molecular weight excluding hydrogens is 166 g/mol. The predicted molar refractivity (Wildman–Crippen MR) is 47.7 cm³/mol. The van der Waals surface area contributed by atoms with Gasteiger partial charge in [0.15, 0.2) is 5.78 Å². The van der Waals surface area contributed by atoms with Crippen LogP contribution in [-0.4, -0.2) is 17.9 Å². The van der Waals surface area contributed by atoms with E-state index >= 15 is 0 Å². The van der Waals surface area contributed by atoms with Crippen LogP contribution in [0.4, 0.5) is 0 Å². The van der Waals surface area contributed by atoms with Crippen molar-refractivity contribution in [2.75, 3.05) is 0 Å². The average Bonchev–Trinajstić information content (AvgIpc) is 2.48. The van der Waals surface area contributed by atoms with Crippen LogP contribution in [-0.2, 0) is 9.59 Å². The van der Waals surface area contributed by atoms with E-state index in [4.69, 9.17) is 0 Å². The molecule has 0 radical (unpaired) electrons. The van der Waals surface area contributed by atoms with E-state index in [1.807, 2.05) is 6.07 Å². The summed E-state index contributed by atoms with van der Waals surface area (Å²) in [6, 6.07) is 8.96. The summed E-state index contributed by atoms with van der Waals surface area (Å²) in [4.78, 5) is 25.8. The standard InChI is InChI=1S/C10H7NO2/c12-8-6-11-10(13)9(8)7-4-2-1-3-5-7/h1-6,9H. The van der Waals surface area contributed by atoms with Crippen molar-refractivity contribution in [1.82, 2.24) is 0 Å². The molecule has 1 aromatic carbocycles. The van der Waals surface area contributed by atoms with Gasteiger partial charge in [-0.1, -0.05) is 30.3 Å². The van der Waals surface area contributed by atoms with Crippen LogP contribution in [0.1, 0.15) is 11.5 Å². The molecule has 1 amide bonds. The van der Waals surface area contributed by atoms with Gasteiger partial charge in [0.25, 0.3) is 5.91 Å². The lowest BCUT2D eigenvalue weighted by molar-refractivity contribution is -0.123. The summed E-state index contributed by atoms with van der Waals surface area (Å²) in [6.07, 6.45) is 1.10. The quantitative estimate of drug-likeness (QED) is 0.593. The van der Waals surface area contributed by atoms with Crippen molar-refractivity contribution in [3.05, 3.63) is 35.9 Å². The van der Waals surface area contributed by atoms with Gasteiger partial charge in [0, 0.05) is 0 Å². The van der Waals surface area contributed by atoms with E-state index < -0.39 is 5.92 Å². The summed E-state index contributed by atoms with van der Waals surface area (Å²) < 4.78 is 0. The Morgan fingerprint density at radius 1 is 1.08 bits per heavy atom. The first kappa shape index (κ1) is 7.86. The zero-order valence-corrected chi connectivity index (χ0v) is 6.81. The number of carbonyl (C=O) groups excluding carboxylic acids is 2. The van der Waals surface area contributed by atoms with E-state index in [9.17, 15) is 9.59 Å². The minimum absolute atomic E-state index is 0.226. The summed E-state index contributed by atoms with van der Waals surface area (Å²) in [6.45, 7) is 0. The zero-order valence-electron chi connectivity index (χ0n) is 6.81. The first-order chi connectivity index (χ1) is 6.29. The first-order valence-electron chi connectivity index (χ1n) is 3.96. The molecule has 2 rings (SSSR count). The van der Waals surface area contributed by atoms with Gasteiger partial charge < -0.3 is 0 Å². The molecule has 64 valence electrons. The van der Waals surface area contributed by atoms with Crippen molar-refractivity contribution >= 4 is 17.9 Å². The van der Waals surface area contributed by atoms with Gasteiger partial charge in [-0.05, 0) is 5.56 Å². The lowest BCUT2D eigenvalue weighted by Crippen LogP contribution is -2.13. The number of nitrogens with zero attached hydrogens (tertiary/aromatic N) is 1. The monoisotopic (exact) mass is 173 g/mol. The molecule has 3 nitrogen and oxygen atoms in total. The highest BCUT2D eigenvalue weighted by Gasteiger charge is 2.31. The first-order valence-corrected chi connectivity index (χ1v) is 3.96. The number of aliphatic imine (C=N–C) groups is 1. The van der Waals surface area contributed by atoms with Gasteiger partial charge in [-0.3, -0.25) is 9.59 Å². The number of hydrogen-bond acceptors (Lipinski definition) is 2. The molecule has 1 aliphatic rings. The second-order valence-corrected chi connectivity index (χ2v) is 2.84. The molecule has 1 unspecified atom stereocenters. The number of hydrogen-bond donors (Lipinski definition) is 0. The van der Waals surface area contributed by atoms with Gasteiger partial charge in [-0.25, -0.2) is 4.99 Å². The van der Waals surface area contributed by atoms with Crippen LogP contribution in [0, 0.1) is 0 Å². The fourth-order valence-corrected chi connectivity index (χ4v) is 1.35. The summed E-state index contributed by atoms with van der Waals surface area (Å²) in [5, 5.41) is 0. The normalized spacial score (nSPS) is 21.1. The third-order valence-electron chi connectivity index (χ3n) is 1.98. The fourth-order valence-electron chi connectivity index (χ4n) is 1.35. The summed E-state index contributed by atoms with van der Waals surface area (Å²) >= 11 is 0. The molecule has 1 aromatic rings. The maximum Gasteiger partial charge on any atom is 0.261 e. The Balaban J connectivity index is 2.38. The van der Waals surface area contributed by atoms with Crippen LogP contribution in [0.3, 0.4) is 0 Å². The van der Waals surface area contributed by atoms with Gasteiger partial charge in [-0.2, -0.15) is 0 Å². The second-order valence-electron chi connectivity index (χ2n) is 2.84. The Hall–Kier alpha value is -1.77. The van der Waals surface area contributed by atoms with Crippen molar-refractivity contribution < 1.29 is 9.59 Å². The summed E-state index contributed by atoms with van der Waals surface area (Å²) in [7, 11) is 0. The maximum absolute atomic E-state index is 11.2. The number of ketones is 1. The average molecular weight is 173 g/mol. The molecule has 0 bridgehead atoms. The number of rotatable bonds is 1. The van der Waals surface area contributed by atoms with Gasteiger partial charge in [0.2, 0.25) is 0 Å². The van der Waals surface area contributed by atoms with Gasteiger partial charge in [0.1, 0.15) is 5.92 Å². The van der Waals surface area contributed by atoms with Crippen LogP contribution in [0.5, 0.6) is 0 Å². The van der Waals surface area contributed by atoms with E-state index in [0.29, 0.717) is 0 Å². The van der Waals surface area contributed by atoms with Gasteiger partial charge in [0.05, 0.1) is 6.21 Å². The molecule has 0 fully saturated rings. The molecule has 0 spiro atoms. The number of Topliss-reactive ketones (excluding diaryl/α,β-unsaturated/α-hetero) is 1. The minimum atomic E-state index is -0.693. The van der Waals surface area contributed by atoms with Crippen molar-refractivity contribution in [2.45, 2.75) is 5.92 Å². The van der Waals surface area contributed by atoms with Crippen molar-refractivity contribution in [2.24, 2.45) is 4.99 Å². The highest BCUT2D eigenvalue weighted by Crippen LogP contribution is 2.20. The second kappa shape index (κ2) is 2.94. The minimum Gasteiger partial charge on any atom is -0.292 e. The molecular formula is C10H7NO2. The molecule has 1 atom stereocenters. The van der Waals surface area contributed by atoms with Crippen molar-refractivity contribution in [3.63, 3.8) is 0 Å². The van der Waals surface area contributed by atoms with E-state index in [-0.39, 0.29) is 11.7 Å². The van der Waals surface area contributed by atoms with E-state index in [2.05, 4.69) is 4.99 Å². The Kier molecular flexibility index (Phi) is 1.77. The fraction of sp³-hybridized carbons (Fsp3) is 0.100. The Bertz CT molecular complexity index is 363. The molecule has 0 aliphatic carbocycles. The zero-order chi connectivity index (χ0) is 9.26. The lowest BCUT2D eigenvalue weighted by atomic mass is 9.97. The maximum atomic E-state index is 11.2. The molecule has 1 heterocycles. The Labute approximate surface area is 75.1 Å². The van der Waals surface area contributed by atoms with E-state index in [0.717, 1.165) is 11.8 Å². The predicted octanol–water partition coefficient (Wildman–Crippen LogP) is 0.950. The van der Waals surface area contributed by atoms with Crippen LogP contribution in [0.25, 0.3) is 0 Å². The molecule has 3 heteroatoms. The molecule has 0 N–H and O–H groups in total. The number of benzene rings is 1. The topological polar surface area (TPSA) is 46.5 Å². The highest BCUT2D eigenvalue weighted by molar-refractivity contribution is 6.41. The molecule has 0 saturated heterocycles. The van der Waals surface area contributed by atoms with Crippen LogP contribution >= 0.6 is 0 Å². The molecule has 0 aromatic heterocycles. The summed E-state index contributed by atoms with van der Waals surface area (Å²) in [5.41, 5.74) is 0.718. The van der Waals surface area contributed by atoms with Crippen molar-refractivity contribution in [3.8, 4) is 0 Å².